The van der Waals surface area contributed by atoms with Gasteiger partial charge in [0.1, 0.15) is 0 Å². The molecule has 0 saturated carbocycles. The highest BCUT2D eigenvalue weighted by molar-refractivity contribution is 5.25. The molecule has 0 aromatic carbocycles. The van der Waals surface area contributed by atoms with Crippen LogP contribution in [0, 0.1) is 0 Å². The van der Waals surface area contributed by atoms with Crippen molar-refractivity contribution in [3.05, 3.63) is 10.5 Å². The summed E-state index contributed by atoms with van der Waals surface area (Å²) in [5, 5.41) is 13.0. The molecule has 0 aliphatic carbocycles. The lowest BCUT2D eigenvalue weighted by molar-refractivity contribution is 0.121. The summed E-state index contributed by atoms with van der Waals surface area (Å²) in [5.41, 5.74) is -0.531. The van der Waals surface area contributed by atoms with Gasteiger partial charge in [0.25, 0.3) is 5.95 Å². The van der Waals surface area contributed by atoms with Gasteiger partial charge in [-0.05, 0) is 0 Å². The fraction of sp³-hybridized carbons (Fsp3) is 0.667. The third-order valence-electron chi connectivity index (χ3n) is 1.78. The lowest BCUT2D eigenvalue weighted by Gasteiger charge is -2.25. The topological polar surface area (TPSA) is 84.0 Å². The molecular weight excluding hydrogens is 174 g/mol. The minimum Gasteiger partial charge on any atom is -0.378 e. The fourth-order valence-corrected chi connectivity index (χ4v) is 1.13. The summed E-state index contributed by atoms with van der Waals surface area (Å²) in [7, 11) is 0. The molecule has 2 heterocycles. The molecule has 0 atom stereocenters. The van der Waals surface area contributed by atoms with Gasteiger partial charge in [0, 0.05) is 13.1 Å². The molecule has 0 spiro atoms. The van der Waals surface area contributed by atoms with E-state index in [0.29, 0.717) is 19.2 Å². The molecule has 70 valence electrons. The highest BCUT2D eigenvalue weighted by Gasteiger charge is 2.13. The quantitative estimate of drug-likeness (QED) is 0.564. The smallest absolute Gasteiger partial charge is 0.378 e. The van der Waals surface area contributed by atoms with Crippen LogP contribution in [0.5, 0.6) is 0 Å². The molecule has 1 aliphatic rings. The summed E-state index contributed by atoms with van der Waals surface area (Å²) in [6, 6.07) is 0. The van der Waals surface area contributed by atoms with Gasteiger partial charge >= 0.3 is 5.69 Å². The Labute approximate surface area is 73.7 Å². The molecule has 1 aliphatic heterocycles. The Morgan fingerprint density at radius 2 is 2.08 bits per heavy atom. The summed E-state index contributed by atoms with van der Waals surface area (Å²) in [6.07, 6.45) is 0. The summed E-state index contributed by atoms with van der Waals surface area (Å²) in [5.74, 6) is 0.447. The van der Waals surface area contributed by atoms with Crippen molar-refractivity contribution in [3.63, 3.8) is 0 Å². The van der Waals surface area contributed by atoms with Crippen molar-refractivity contribution in [1.82, 2.24) is 20.4 Å². The highest BCUT2D eigenvalue weighted by atomic mass is 16.5. The Hall–Kier alpha value is -1.50. The zero-order valence-corrected chi connectivity index (χ0v) is 6.93. The van der Waals surface area contributed by atoms with Crippen LogP contribution in [0.3, 0.4) is 0 Å². The van der Waals surface area contributed by atoms with Crippen molar-refractivity contribution in [1.29, 1.82) is 0 Å². The zero-order chi connectivity index (χ0) is 9.10. The number of hydrogen-bond donors (Lipinski definition) is 1. The summed E-state index contributed by atoms with van der Waals surface area (Å²) < 4.78 is 5.16. The molecule has 1 saturated heterocycles. The molecule has 0 radical (unpaired) electrons. The van der Waals surface area contributed by atoms with E-state index in [9.17, 15) is 4.79 Å². The molecule has 1 aromatic heterocycles. The fourth-order valence-electron chi connectivity index (χ4n) is 1.13. The van der Waals surface area contributed by atoms with Crippen LogP contribution in [0.1, 0.15) is 0 Å². The van der Waals surface area contributed by atoms with E-state index in [1.807, 2.05) is 4.90 Å². The molecule has 7 nitrogen and oxygen atoms in total. The van der Waals surface area contributed by atoms with E-state index in [1.54, 1.807) is 0 Å². The van der Waals surface area contributed by atoms with Crippen LogP contribution < -0.4 is 10.6 Å². The Bertz CT molecular complexity index is 312. The van der Waals surface area contributed by atoms with Crippen LogP contribution in [0.25, 0.3) is 0 Å². The summed E-state index contributed by atoms with van der Waals surface area (Å²) in [4.78, 5) is 12.5. The second kappa shape index (κ2) is 3.48. The van der Waals surface area contributed by atoms with Crippen LogP contribution in [0.4, 0.5) is 5.95 Å². The lowest BCUT2D eigenvalue weighted by atomic mass is 10.4. The lowest BCUT2D eigenvalue weighted by Crippen LogP contribution is -2.38. The number of aromatic nitrogens is 4. The van der Waals surface area contributed by atoms with Gasteiger partial charge < -0.3 is 9.64 Å². The van der Waals surface area contributed by atoms with Crippen molar-refractivity contribution in [2.45, 2.75) is 0 Å². The number of anilines is 1. The van der Waals surface area contributed by atoms with Crippen LogP contribution in [0.2, 0.25) is 0 Å². The van der Waals surface area contributed by atoms with Gasteiger partial charge in [-0.1, -0.05) is 5.10 Å². The Balaban J connectivity index is 2.14. The summed E-state index contributed by atoms with van der Waals surface area (Å²) >= 11 is 0. The molecule has 1 N–H and O–H groups in total. The third kappa shape index (κ3) is 1.81. The van der Waals surface area contributed by atoms with Gasteiger partial charge in [0.15, 0.2) is 0 Å². The average molecular weight is 183 g/mol. The first kappa shape index (κ1) is 8.11. The maximum Gasteiger partial charge on any atom is 0.380 e. The Morgan fingerprint density at radius 1 is 1.31 bits per heavy atom. The molecule has 0 unspecified atom stereocenters. The van der Waals surface area contributed by atoms with Crippen molar-refractivity contribution >= 4 is 5.95 Å². The van der Waals surface area contributed by atoms with Gasteiger partial charge in [0.05, 0.1) is 13.2 Å². The summed E-state index contributed by atoms with van der Waals surface area (Å²) in [6.45, 7) is 2.77. The SMILES string of the molecule is O=c1nnc(N2CCOCC2)n[nH]1. The standard InChI is InChI=1S/C6H9N5O2/c12-6-9-7-5(8-10-6)11-1-3-13-4-2-11/h1-4H2,(H,9,10,12). The number of morpholine rings is 1. The largest absolute Gasteiger partial charge is 0.380 e. The number of aromatic amines is 1. The third-order valence-corrected chi connectivity index (χ3v) is 1.78. The average Bonchev–Trinajstić information content (AvgIpc) is 2.20. The predicted octanol–water partition coefficient (Wildman–Crippen LogP) is -1.60. The molecule has 2 rings (SSSR count). The molecule has 7 heteroatoms. The predicted molar refractivity (Wildman–Crippen MR) is 43.5 cm³/mol. The maximum atomic E-state index is 10.6. The van der Waals surface area contributed by atoms with Crippen molar-refractivity contribution in [2.75, 3.05) is 31.2 Å². The van der Waals surface area contributed by atoms with Gasteiger partial charge in [-0.25, -0.2) is 9.89 Å². The number of ether oxygens (including phenoxy) is 1. The first-order valence-corrected chi connectivity index (χ1v) is 3.98. The van der Waals surface area contributed by atoms with Gasteiger partial charge in [0.2, 0.25) is 0 Å². The normalized spacial score (nSPS) is 17.4. The monoisotopic (exact) mass is 183 g/mol. The van der Waals surface area contributed by atoms with Crippen LogP contribution >= 0.6 is 0 Å². The number of rotatable bonds is 1. The second-order valence-electron chi connectivity index (χ2n) is 2.63. The molecular formula is C6H9N5O2. The zero-order valence-electron chi connectivity index (χ0n) is 6.93. The van der Waals surface area contributed by atoms with E-state index < -0.39 is 5.69 Å². The van der Waals surface area contributed by atoms with Gasteiger partial charge in [-0.2, -0.15) is 0 Å². The van der Waals surface area contributed by atoms with E-state index >= 15 is 0 Å². The first-order valence-electron chi connectivity index (χ1n) is 3.98. The number of H-pyrrole nitrogens is 1. The first-order chi connectivity index (χ1) is 6.36. The van der Waals surface area contributed by atoms with Crippen LogP contribution in [-0.2, 0) is 4.74 Å². The highest BCUT2D eigenvalue weighted by Crippen LogP contribution is 2.04. The van der Waals surface area contributed by atoms with E-state index in [2.05, 4.69) is 20.4 Å². The molecule has 1 fully saturated rings. The van der Waals surface area contributed by atoms with E-state index in [4.69, 9.17) is 4.74 Å². The molecule has 1 aromatic rings. The molecule has 0 bridgehead atoms. The molecule has 0 amide bonds. The number of nitrogens with zero attached hydrogens (tertiary/aromatic N) is 4. The van der Waals surface area contributed by atoms with Crippen LogP contribution in [0.15, 0.2) is 4.79 Å². The second-order valence-corrected chi connectivity index (χ2v) is 2.63. The number of hydrogen-bond acceptors (Lipinski definition) is 6. The van der Waals surface area contributed by atoms with Crippen molar-refractivity contribution < 1.29 is 4.74 Å². The van der Waals surface area contributed by atoms with Gasteiger partial charge in [-0.3, -0.25) is 0 Å². The Kier molecular flexibility index (Phi) is 2.17. The minimum absolute atomic E-state index is 0.447. The van der Waals surface area contributed by atoms with Crippen molar-refractivity contribution in [2.24, 2.45) is 0 Å². The van der Waals surface area contributed by atoms with E-state index in [-0.39, 0.29) is 0 Å². The minimum atomic E-state index is -0.531. The van der Waals surface area contributed by atoms with Gasteiger partial charge in [-0.15, -0.1) is 10.2 Å². The Morgan fingerprint density at radius 3 is 2.69 bits per heavy atom. The van der Waals surface area contributed by atoms with E-state index in [1.165, 1.54) is 0 Å². The van der Waals surface area contributed by atoms with Crippen LogP contribution in [-0.4, -0.2) is 46.7 Å². The molecule has 13 heavy (non-hydrogen) atoms. The van der Waals surface area contributed by atoms with Crippen molar-refractivity contribution in [3.8, 4) is 0 Å². The van der Waals surface area contributed by atoms with E-state index in [0.717, 1.165) is 13.1 Å². The number of nitrogens with one attached hydrogen (secondary N) is 1. The maximum absolute atomic E-state index is 10.6.